The fourth-order valence-electron chi connectivity index (χ4n) is 3.56. The van der Waals surface area contributed by atoms with Gasteiger partial charge in [-0.3, -0.25) is 4.79 Å². The van der Waals surface area contributed by atoms with Crippen LogP contribution in [0.3, 0.4) is 0 Å². The largest absolute Gasteiger partial charge is 0.378 e. The lowest BCUT2D eigenvalue weighted by Crippen LogP contribution is -2.45. The van der Waals surface area contributed by atoms with Crippen molar-refractivity contribution in [1.29, 1.82) is 0 Å². The number of ether oxygens (including phenoxy) is 2. The lowest BCUT2D eigenvalue weighted by atomic mass is 9.99. The summed E-state index contributed by atoms with van der Waals surface area (Å²) in [6.45, 7) is 2.44. The molecule has 1 amide bonds. The van der Waals surface area contributed by atoms with Crippen molar-refractivity contribution in [2.24, 2.45) is 5.92 Å². The van der Waals surface area contributed by atoms with Gasteiger partial charge in [-0.2, -0.15) is 0 Å². The Morgan fingerprint density at radius 1 is 1.27 bits per heavy atom. The number of fused-ring (bicyclic) bond motifs is 1. The second-order valence-electron chi connectivity index (χ2n) is 6.69. The molecule has 3 aliphatic rings. The van der Waals surface area contributed by atoms with Gasteiger partial charge in [-0.1, -0.05) is 6.07 Å². The number of hydrogen-bond acceptors (Lipinski definition) is 4. The van der Waals surface area contributed by atoms with Crippen LogP contribution in [-0.4, -0.2) is 48.8 Å². The first-order valence-electron chi connectivity index (χ1n) is 8.39. The number of carbonyl (C=O) groups excluding carboxylic acids is 1. The third-order valence-electron chi connectivity index (χ3n) is 4.98. The highest BCUT2D eigenvalue weighted by Crippen LogP contribution is 2.33. The molecule has 1 saturated carbocycles. The minimum absolute atomic E-state index is 0.175. The van der Waals surface area contributed by atoms with Gasteiger partial charge >= 0.3 is 0 Å². The highest BCUT2D eigenvalue weighted by atomic mass is 32.1. The molecule has 1 aliphatic carbocycles. The van der Waals surface area contributed by atoms with Crippen molar-refractivity contribution in [3.8, 4) is 0 Å². The Hall–Kier alpha value is -0.910. The van der Waals surface area contributed by atoms with Crippen molar-refractivity contribution in [1.82, 2.24) is 4.90 Å². The topological polar surface area (TPSA) is 38.8 Å². The summed E-state index contributed by atoms with van der Waals surface area (Å²) >= 11 is 1.53. The van der Waals surface area contributed by atoms with Gasteiger partial charge in [-0.05, 0) is 49.5 Å². The molecular weight excluding hydrogens is 298 g/mol. The minimum atomic E-state index is 0.175. The third-order valence-corrected chi connectivity index (χ3v) is 5.84. The van der Waals surface area contributed by atoms with Crippen LogP contribution in [0.2, 0.25) is 0 Å². The highest BCUT2D eigenvalue weighted by molar-refractivity contribution is 7.12. The number of nitrogens with zero attached hydrogens (tertiary/aromatic N) is 1. The predicted octanol–water partition coefficient (Wildman–Crippen LogP) is 2.94. The Kier molecular flexibility index (Phi) is 4.20. The van der Waals surface area contributed by atoms with E-state index in [0.29, 0.717) is 0 Å². The summed E-state index contributed by atoms with van der Waals surface area (Å²) in [5.41, 5.74) is 0. The van der Waals surface area contributed by atoms with Crippen LogP contribution in [-0.2, 0) is 9.47 Å². The fraction of sp³-hybridized carbons (Fsp3) is 0.706. The quantitative estimate of drug-likeness (QED) is 0.837. The molecule has 120 valence electrons. The maximum atomic E-state index is 12.6. The second-order valence-corrected chi connectivity index (χ2v) is 7.63. The molecule has 2 aliphatic heterocycles. The summed E-state index contributed by atoms with van der Waals surface area (Å²) in [6.07, 6.45) is 6.08. The molecule has 0 radical (unpaired) electrons. The average Bonchev–Trinajstić information content (AvgIpc) is 3.04. The van der Waals surface area contributed by atoms with E-state index in [-0.39, 0.29) is 24.2 Å². The van der Waals surface area contributed by atoms with Gasteiger partial charge in [-0.15, -0.1) is 11.3 Å². The maximum absolute atomic E-state index is 12.6. The van der Waals surface area contributed by atoms with Crippen molar-refractivity contribution in [3.05, 3.63) is 22.4 Å². The van der Waals surface area contributed by atoms with Crippen LogP contribution in [0.5, 0.6) is 0 Å². The van der Waals surface area contributed by atoms with Crippen molar-refractivity contribution in [2.75, 3.05) is 19.8 Å². The standard InChI is InChI=1S/C17H23NO3S/c19-17(16-2-1-9-22-16)18-8-7-15-14(18)6-5-13(21-15)11-20-10-12-3-4-12/h1-2,9,12-15H,3-8,10-11H2/t13?,14-,15-/m0/s1. The molecule has 1 aromatic rings. The van der Waals surface area contributed by atoms with Crippen molar-refractivity contribution in [2.45, 2.75) is 50.4 Å². The molecule has 4 rings (SSSR count). The second kappa shape index (κ2) is 6.30. The monoisotopic (exact) mass is 321 g/mol. The molecule has 3 fully saturated rings. The maximum Gasteiger partial charge on any atom is 0.264 e. The zero-order valence-corrected chi connectivity index (χ0v) is 13.6. The minimum Gasteiger partial charge on any atom is -0.378 e. The SMILES string of the molecule is O=C(c1cccs1)N1CC[C@@H]2OC(COCC3CC3)CC[C@@H]21. The summed E-state index contributed by atoms with van der Waals surface area (Å²) in [5.74, 6) is 0.983. The molecule has 22 heavy (non-hydrogen) atoms. The van der Waals surface area contributed by atoms with Gasteiger partial charge in [0.05, 0.1) is 29.7 Å². The Morgan fingerprint density at radius 3 is 2.95 bits per heavy atom. The van der Waals surface area contributed by atoms with E-state index in [0.717, 1.165) is 49.8 Å². The van der Waals surface area contributed by atoms with Gasteiger partial charge in [0, 0.05) is 13.2 Å². The Bertz CT molecular complexity index is 514. The van der Waals surface area contributed by atoms with Crippen molar-refractivity contribution >= 4 is 17.2 Å². The van der Waals surface area contributed by atoms with Crippen LogP contribution < -0.4 is 0 Å². The summed E-state index contributed by atoms with van der Waals surface area (Å²) in [5, 5.41) is 1.96. The van der Waals surface area contributed by atoms with E-state index in [2.05, 4.69) is 0 Å². The summed E-state index contributed by atoms with van der Waals surface area (Å²) in [7, 11) is 0. The van der Waals surface area contributed by atoms with E-state index >= 15 is 0 Å². The normalized spacial score (nSPS) is 31.3. The number of carbonyl (C=O) groups is 1. The molecular formula is C17H23NO3S. The predicted molar refractivity (Wildman–Crippen MR) is 85.2 cm³/mol. The first-order chi connectivity index (χ1) is 10.8. The van der Waals surface area contributed by atoms with Gasteiger partial charge in [0.1, 0.15) is 0 Å². The zero-order chi connectivity index (χ0) is 14.9. The van der Waals surface area contributed by atoms with E-state index in [4.69, 9.17) is 9.47 Å². The molecule has 3 atom stereocenters. The van der Waals surface area contributed by atoms with Gasteiger partial charge in [-0.25, -0.2) is 0 Å². The fourth-order valence-corrected chi connectivity index (χ4v) is 4.24. The molecule has 4 nitrogen and oxygen atoms in total. The van der Waals surface area contributed by atoms with Crippen LogP contribution in [0.1, 0.15) is 41.8 Å². The Labute approximate surface area is 135 Å². The molecule has 1 unspecified atom stereocenters. The van der Waals surface area contributed by atoms with E-state index < -0.39 is 0 Å². The van der Waals surface area contributed by atoms with Gasteiger partial charge in [0.2, 0.25) is 0 Å². The molecule has 0 bridgehead atoms. The van der Waals surface area contributed by atoms with E-state index in [1.165, 1.54) is 24.2 Å². The van der Waals surface area contributed by atoms with Crippen LogP contribution >= 0.6 is 11.3 Å². The van der Waals surface area contributed by atoms with Crippen LogP contribution in [0.4, 0.5) is 0 Å². The Morgan fingerprint density at radius 2 is 2.18 bits per heavy atom. The molecule has 2 saturated heterocycles. The van der Waals surface area contributed by atoms with E-state index in [1.807, 2.05) is 22.4 Å². The smallest absolute Gasteiger partial charge is 0.264 e. The molecule has 0 aromatic carbocycles. The lowest BCUT2D eigenvalue weighted by Gasteiger charge is -2.35. The Balaban J connectivity index is 1.30. The molecule has 5 heteroatoms. The summed E-state index contributed by atoms with van der Waals surface area (Å²) < 4.78 is 12.0. The first-order valence-corrected chi connectivity index (χ1v) is 9.27. The molecule has 3 heterocycles. The number of amides is 1. The number of thiophene rings is 1. The first kappa shape index (κ1) is 14.7. The van der Waals surface area contributed by atoms with Crippen LogP contribution in [0.15, 0.2) is 17.5 Å². The zero-order valence-electron chi connectivity index (χ0n) is 12.8. The average molecular weight is 321 g/mol. The van der Waals surface area contributed by atoms with Crippen molar-refractivity contribution in [3.63, 3.8) is 0 Å². The third kappa shape index (κ3) is 3.07. The number of likely N-dealkylation sites (tertiary alicyclic amines) is 1. The summed E-state index contributed by atoms with van der Waals surface area (Å²) in [6, 6.07) is 4.11. The van der Waals surface area contributed by atoms with Crippen LogP contribution in [0, 0.1) is 5.92 Å². The van der Waals surface area contributed by atoms with Gasteiger partial charge in [0.25, 0.3) is 5.91 Å². The van der Waals surface area contributed by atoms with Crippen LogP contribution in [0.25, 0.3) is 0 Å². The van der Waals surface area contributed by atoms with Gasteiger partial charge in [0.15, 0.2) is 0 Å². The number of hydrogen-bond donors (Lipinski definition) is 0. The highest BCUT2D eigenvalue weighted by Gasteiger charge is 2.42. The van der Waals surface area contributed by atoms with Gasteiger partial charge < -0.3 is 14.4 Å². The van der Waals surface area contributed by atoms with Crippen molar-refractivity contribution < 1.29 is 14.3 Å². The van der Waals surface area contributed by atoms with E-state index in [1.54, 1.807) is 0 Å². The van der Waals surface area contributed by atoms with E-state index in [9.17, 15) is 4.79 Å². The lowest BCUT2D eigenvalue weighted by molar-refractivity contribution is -0.0972. The molecule has 0 spiro atoms. The molecule has 0 N–H and O–H groups in total. The number of rotatable bonds is 5. The summed E-state index contributed by atoms with van der Waals surface area (Å²) in [4.78, 5) is 15.4. The molecule has 1 aromatic heterocycles.